The van der Waals surface area contributed by atoms with E-state index in [0.29, 0.717) is 0 Å². The van der Waals surface area contributed by atoms with E-state index in [2.05, 4.69) is 0 Å². The molecule has 0 aromatic heterocycles. The zero-order valence-electron chi connectivity index (χ0n) is 14.1. The SMILES string of the molecule is CCOC(=O)[C@@H](OS(=O)(=O)c1ccc(C)cc1)[C@@H](C)C(=O)OCC. The van der Waals surface area contributed by atoms with Gasteiger partial charge in [0.25, 0.3) is 10.1 Å². The topological polar surface area (TPSA) is 96.0 Å². The fraction of sp³-hybridized carbons (Fsp3) is 0.500. The quantitative estimate of drug-likeness (QED) is 0.517. The van der Waals surface area contributed by atoms with Gasteiger partial charge in [-0.05, 0) is 39.8 Å². The van der Waals surface area contributed by atoms with Crippen LogP contribution in [-0.4, -0.2) is 39.7 Å². The van der Waals surface area contributed by atoms with Crippen LogP contribution >= 0.6 is 0 Å². The molecule has 0 bridgehead atoms. The first-order chi connectivity index (χ1) is 11.2. The molecule has 2 atom stereocenters. The Kier molecular flexibility index (Phi) is 7.37. The van der Waals surface area contributed by atoms with Crippen molar-refractivity contribution < 1.29 is 31.7 Å². The number of carbonyl (C=O) groups excluding carboxylic acids is 2. The number of carbonyl (C=O) groups is 2. The summed E-state index contributed by atoms with van der Waals surface area (Å²) in [4.78, 5) is 23.8. The second kappa shape index (κ2) is 8.79. The molecule has 0 heterocycles. The maximum Gasteiger partial charge on any atom is 0.337 e. The minimum atomic E-state index is -4.24. The molecule has 0 aliphatic carbocycles. The van der Waals surface area contributed by atoms with Crippen molar-refractivity contribution in [1.29, 1.82) is 0 Å². The third-order valence-electron chi connectivity index (χ3n) is 3.17. The van der Waals surface area contributed by atoms with Crippen LogP contribution < -0.4 is 0 Å². The molecule has 1 rings (SSSR count). The van der Waals surface area contributed by atoms with Crippen molar-refractivity contribution in [3.05, 3.63) is 29.8 Å². The molecule has 0 spiro atoms. The fourth-order valence-electron chi connectivity index (χ4n) is 1.85. The third kappa shape index (κ3) is 5.31. The van der Waals surface area contributed by atoms with Crippen molar-refractivity contribution in [2.45, 2.75) is 38.7 Å². The number of rotatable bonds is 8. The molecule has 0 amide bonds. The van der Waals surface area contributed by atoms with E-state index in [1.54, 1.807) is 26.0 Å². The summed E-state index contributed by atoms with van der Waals surface area (Å²) < 4.78 is 39.4. The van der Waals surface area contributed by atoms with Crippen molar-refractivity contribution in [3.63, 3.8) is 0 Å². The lowest BCUT2D eigenvalue weighted by molar-refractivity contribution is -0.163. The number of esters is 2. The van der Waals surface area contributed by atoms with Crippen molar-refractivity contribution in [2.75, 3.05) is 13.2 Å². The molecule has 1 aromatic rings. The smallest absolute Gasteiger partial charge is 0.337 e. The number of hydrogen-bond acceptors (Lipinski definition) is 7. The van der Waals surface area contributed by atoms with Crippen molar-refractivity contribution in [1.82, 2.24) is 0 Å². The van der Waals surface area contributed by atoms with Crippen LogP contribution in [0.2, 0.25) is 0 Å². The fourth-order valence-corrected chi connectivity index (χ4v) is 2.94. The maximum absolute atomic E-state index is 12.4. The summed E-state index contributed by atoms with van der Waals surface area (Å²) in [5.41, 5.74) is 0.871. The molecule has 0 aliphatic heterocycles. The van der Waals surface area contributed by atoms with E-state index in [1.807, 2.05) is 6.92 Å². The second-order valence-electron chi connectivity index (χ2n) is 5.08. The Hall–Kier alpha value is -1.93. The molecule has 0 saturated heterocycles. The van der Waals surface area contributed by atoms with Crippen molar-refractivity contribution in [3.8, 4) is 0 Å². The summed E-state index contributed by atoms with van der Waals surface area (Å²) in [7, 11) is -4.24. The van der Waals surface area contributed by atoms with Gasteiger partial charge in [-0.15, -0.1) is 0 Å². The van der Waals surface area contributed by atoms with E-state index < -0.39 is 34.1 Å². The van der Waals surface area contributed by atoms with Crippen molar-refractivity contribution >= 4 is 22.1 Å². The average molecular weight is 358 g/mol. The Morgan fingerprint density at radius 3 is 2.00 bits per heavy atom. The molecule has 8 heteroatoms. The minimum Gasteiger partial charge on any atom is -0.466 e. The highest BCUT2D eigenvalue weighted by atomic mass is 32.2. The highest BCUT2D eigenvalue weighted by molar-refractivity contribution is 7.86. The largest absolute Gasteiger partial charge is 0.466 e. The molecular weight excluding hydrogens is 336 g/mol. The Morgan fingerprint density at radius 1 is 1.00 bits per heavy atom. The van der Waals surface area contributed by atoms with Crippen LogP contribution in [0.1, 0.15) is 26.3 Å². The Morgan fingerprint density at radius 2 is 1.50 bits per heavy atom. The lowest BCUT2D eigenvalue weighted by Crippen LogP contribution is -2.39. The summed E-state index contributed by atoms with van der Waals surface area (Å²) in [5.74, 6) is -2.81. The van der Waals surface area contributed by atoms with Gasteiger partial charge in [-0.1, -0.05) is 17.7 Å². The van der Waals surface area contributed by atoms with Gasteiger partial charge >= 0.3 is 11.9 Å². The van der Waals surface area contributed by atoms with Gasteiger partial charge in [0.15, 0.2) is 6.10 Å². The molecule has 0 aliphatic rings. The zero-order chi connectivity index (χ0) is 18.3. The Labute approximate surface area is 142 Å². The molecule has 7 nitrogen and oxygen atoms in total. The second-order valence-corrected chi connectivity index (χ2v) is 6.65. The number of ether oxygens (including phenoxy) is 2. The van der Waals surface area contributed by atoms with Gasteiger partial charge in [0.1, 0.15) is 0 Å². The first-order valence-electron chi connectivity index (χ1n) is 7.56. The molecule has 1 aromatic carbocycles. The first-order valence-corrected chi connectivity index (χ1v) is 8.97. The monoisotopic (exact) mass is 358 g/mol. The first kappa shape index (κ1) is 20.1. The number of benzene rings is 1. The molecule has 0 fully saturated rings. The van der Waals surface area contributed by atoms with Crippen molar-refractivity contribution in [2.24, 2.45) is 5.92 Å². The van der Waals surface area contributed by atoms with Crippen LogP contribution in [0.5, 0.6) is 0 Å². The average Bonchev–Trinajstić information content (AvgIpc) is 2.53. The summed E-state index contributed by atoms with van der Waals surface area (Å²) in [6.45, 7) is 6.46. The van der Waals surface area contributed by atoms with Crippen LogP contribution in [0.15, 0.2) is 29.2 Å². The molecule has 0 radical (unpaired) electrons. The summed E-state index contributed by atoms with van der Waals surface area (Å²) in [6.07, 6.45) is -1.62. The van der Waals surface area contributed by atoms with Crippen LogP contribution in [0, 0.1) is 12.8 Å². The Bertz CT molecular complexity index is 664. The molecule has 0 saturated carbocycles. The van der Waals surface area contributed by atoms with Gasteiger partial charge in [0.05, 0.1) is 24.0 Å². The lowest BCUT2D eigenvalue weighted by Gasteiger charge is -2.21. The van der Waals surface area contributed by atoms with Gasteiger partial charge in [0.2, 0.25) is 0 Å². The van der Waals surface area contributed by atoms with E-state index in [4.69, 9.17) is 13.7 Å². The predicted molar refractivity (Wildman–Crippen MR) is 85.7 cm³/mol. The van der Waals surface area contributed by atoms with E-state index in [-0.39, 0.29) is 18.1 Å². The van der Waals surface area contributed by atoms with Gasteiger partial charge in [-0.25, -0.2) is 4.79 Å². The number of aryl methyl sites for hydroxylation is 1. The third-order valence-corrected chi connectivity index (χ3v) is 4.48. The van der Waals surface area contributed by atoms with E-state index in [9.17, 15) is 18.0 Å². The van der Waals surface area contributed by atoms with Crippen LogP contribution in [0.25, 0.3) is 0 Å². The maximum atomic E-state index is 12.4. The van der Waals surface area contributed by atoms with Crippen LogP contribution in [0.3, 0.4) is 0 Å². The lowest BCUT2D eigenvalue weighted by atomic mass is 10.1. The van der Waals surface area contributed by atoms with Crippen LogP contribution in [0.4, 0.5) is 0 Å². The number of hydrogen-bond donors (Lipinski definition) is 0. The highest BCUT2D eigenvalue weighted by Crippen LogP contribution is 2.20. The van der Waals surface area contributed by atoms with Gasteiger partial charge < -0.3 is 9.47 Å². The normalized spacial score (nSPS) is 13.8. The summed E-state index contributed by atoms with van der Waals surface area (Å²) in [5, 5.41) is 0. The van der Waals surface area contributed by atoms with Gasteiger partial charge in [0, 0.05) is 0 Å². The molecule has 134 valence electrons. The minimum absolute atomic E-state index is 0.0266. The van der Waals surface area contributed by atoms with E-state index in [1.165, 1.54) is 19.1 Å². The summed E-state index contributed by atoms with van der Waals surface area (Å²) >= 11 is 0. The van der Waals surface area contributed by atoms with Crippen LogP contribution in [-0.2, 0) is 33.4 Å². The Balaban J connectivity index is 3.08. The molecule has 24 heavy (non-hydrogen) atoms. The highest BCUT2D eigenvalue weighted by Gasteiger charge is 2.38. The molecule has 0 unspecified atom stereocenters. The molecular formula is C16H22O7S. The predicted octanol–water partition coefficient (Wildman–Crippen LogP) is 1.83. The standard InChI is InChI=1S/C16H22O7S/c1-5-21-15(17)12(4)14(16(18)22-6-2)23-24(19,20)13-9-7-11(3)8-10-13/h7-10,12,14H,5-6H2,1-4H3/t12-,14+/m1/s1. The molecule has 0 N–H and O–H groups in total. The van der Waals surface area contributed by atoms with E-state index >= 15 is 0 Å². The van der Waals surface area contributed by atoms with Gasteiger partial charge in [-0.2, -0.15) is 8.42 Å². The zero-order valence-corrected chi connectivity index (χ0v) is 15.0. The van der Waals surface area contributed by atoms with Gasteiger partial charge in [-0.3, -0.25) is 8.98 Å². The van der Waals surface area contributed by atoms with E-state index in [0.717, 1.165) is 5.56 Å². The summed E-state index contributed by atoms with van der Waals surface area (Å²) in [6, 6.07) is 5.93.